The van der Waals surface area contributed by atoms with Crippen LogP contribution in [0.15, 0.2) is 0 Å². The van der Waals surface area contributed by atoms with E-state index in [1.165, 1.54) is 7.11 Å². The number of carbonyl (C=O) groups excluding carboxylic acids is 2. The van der Waals surface area contributed by atoms with Crippen LogP contribution in [0.4, 0.5) is 0 Å². The van der Waals surface area contributed by atoms with Crippen molar-refractivity contribution in [2.24, 2.45) is 0 Å². The molecule has 0 saturated heterocycles. The minimum absolute atomic E-state index is 0.199. The zero-order valence-electron chi connectivity index (χ0n) is 9.83. The van der Waals surface area contributed by atoms with Crippen LogP contribution >= 0.6 is 11.6 Å². The molecule has 0 amide bonds. The largest absolute Gasteiger partial charge is 0.469 e. The van der Waals surface area contributed by atoms with E-state index < -0.39 is 5.56 Å². The molecule has 0 heterocycles. The first-order chi connectivity index (χ1) is 7.60. The summed E-state index contributed by atoms with van der Waals surface area (Å²) in [6, 6.07) is 0. The van der Waals surface area contributed by atoms with Crippen LogP contribution < -0.4 is 0 Å². The molecule has 1 atom stereocenters. The van der Waals surface area contributed by atoms with Crippen LogP contribution in [0, 0.1) is 0 Å². The van der Waals surface area contributed by atoms with E-state index in [1.54, 1.807) is 0 Å². The van der Waals surface area contributed by atoms with Crippen LogP contribution in [0.3, 0.4) is 0 Å². The van der Waals surface area contributed by atoms with E-state index in [9.17, 15) is 9.59 Å². The fourth-order valence-corrected chi connectivity index (χ4v) is 1.36. The molecule has 0 spiro atoms. The fourth-order valence-electron chi connectivity index (χ4n) is 1.10. The minimum atomic E-state index is -0.550. The van der Waals surface area contributed by atoms with Gasteiger partial charge in [0, 0.05) is 12.8 Å². The fraction of sp³-hybridized carbons (Fsp3) is 0.818. The lowest BCUT2D eigenvalue weighted by molar-refractivity contribution is -0.146. The van der Waals surface area contributed by atoms with Crippen molar-refractivity contribution >= 4 is 23.5 Å². The van der Waals surface area contributed by atoms with Crippen LogP contribution in [0.1, 0.15) is 45.4 Å². The van der Waals surface area contributed by atoms with Gasteiger partial charge in [0.25, 0.3) is 0 Å². The van der Waals surface area contributed by atoms with Gasteiger partial charge in [0.15, 0.2) is 5.56 Å². The van der Waals surface area contributed by atoms with Gasteiger partial charge in [0.05, 0.1) is 7.11 Å². The smallest absolute Gasteiger partial charge is 0.307 e. The van der Waals surface area contributed by atoms with Gasteiger partial charge in [0.1, 0.15) is 0 Å². The van der Waals surface area contributed by atoms with E-state index in [1.807, 2.05) is 6.92 Å². The maximum atomic E-state index is 11.2. The second-order valence-electron chi connectivity index (χ2n) is 3.47. The highest BCUT2D eigenvalue weighted by molar-refractivity contribution is 6.20. The predicted octanol–water partition coefficient (Wildman–Crippen LogP) is 2.63. The summed E-state index contributed by atoms with van der Waals surface area (Å²) >= 11 is 5.79. The van der Waals surface area contributed by atoms with Crippen LogP contribution in [-0.2, 0) is 19.1 Å². The highest BCUT2D eigenvalue weighted by atomic mass is 35.5. The lowest BCUT2D eigenvalue weighted by Crippen LogP contribution is -2.13. The van der Waals surface area contributed by atoms with Gasteiger partial charge in [-0.3, -0.25) is 9.59 Å². The Morgan fingerprint density at radius 1 is 1.19 bits per heavy atom. The Labute approximate surface area is 101 Å². The Morgan fingerprint density at radius 2 is 1.81 bits per heavy atom. The SMILES string of the molecule is CCCCC(Cl)OC(=O)CCCC(=O)OC. The lowest BCUT2D eigenvalue weighted by atomic mass is 10.2. The monoisotopic (exact) mass is 250 g/mol. The molecule has 16 heavy (non-hydrogen) atoms. The molecular formula is C11H19ClO4. The Hall–Kier alpha value is -0.770. The molecule has 4 nitrogen and oxygen atoms in total. The van der Waals surface area contributed by atoms with Gasteiger partial charge in [-0.2, -0.15) is 0 Å². The number of unbranched alkanes of at least 4 members (excludes halogenated alkanes) is 1. The molecule has 5 heteroatoms. The summed E-state index contributed by atoms with van der Waals surface area (Å²) in [5.41, 5.74) is -0.550. The van der Waals surface area contributed by atoms with Crippen molar-refractivity contribution in [2.45, 2.75) is 51.0 Å². The van der Waals surface area contributed by atoms with E-state index >= 15 is 0 Å². The molecular weight excluding hydrogens is 232 g/mol. The summed E-state index contributed by atoms with van der Waals surface area (Å²) in [5, 5.41) is 0. The number of esters is 2. The van der Waals surface area contributed by atoms with Crippen molar-refractivity contribution < 1.29 is 19.1 Å². The van der Waals surface area contributed by atoms with Gasteiger partial charge in [-0.25, -0.2) is 0 Å². The first-order valence-electron chi connectivity index (χ1n) is 5.50. The highest BCUT2D eigenvalue weighted by Crippen LogP contribution is 2.11. The number of alkyl halides is 1. The zero-order chi connectivity index (χ0) is 12.4. The van der Waals surface area contributed by atoms with Crippen LogP contribution in [0.5, 0.6) is 0 Å². The molecule has 0 N–H and O–H groups in total. The molecule has 0 aromatic rings. The van der Waals surface area contributed by atoms with E-state index in [-0.39, 0.29) is 24.8 Å². The van der Waals surface area contributed by atoms with Gasteiger partial charge in [0.2, 0.25) is 0 Å². The number of rotatable bonds is 8. The van der Waals surface area contributed by atoms with Crippen molar-refractivity contribution in [3.05, 3.63) is 0 Å². The number of halogens is 1. The van der Waals surface area contributed by atoms with Crippen molar-refractivity contribution in [2.75, 3.05) is 7.11 Å². The second kappa shape index (κ2) is 9.46. The first kappa shape index (κ1) is 15.2. The Morgan fingerprint density at radius 3 is 2.38 bits per heavy atom. The Balaban J connectivity index is 3.54. The van der Waals surface area contributed by atoms with Gasteiger partial charge in [-0.05, 0) is 19.3 Å². The maximum Gasteiger partial charge on any atom is 0.307 e. The molecule has 0 bridgehead atoms. The Kier molecular flexibility index (Phi) is 9.00. The van der Waals surface area contributed by atoms with E-state index in [0.29, 0.717) is 12.8 Å². The van der Waals surface area contributed by atoms with Crippen molar-refractivity contribution in [1.82, 2.24) is 0 Å². The molecule has 94 valence electrons. The lowest BCUT2D eigenvalue weighted by Gasteiger charge is -2.10. The topological polar surface area (TPSA) is 52.6 Å². The molecule has 0 radical (unpaired) electrons. The average molecular weight is 251 g/mol. The van der Waals surface area contributed by atoms with E-state index in [2.05, 4.69) is 4.74 Å². The quantitative estimate of drug-likeness (QED) is 0.491. The molecule has 0 aromatic carbocycles. The summed E-state index contributed by atoms with van der Waals surface area (Å²) in [5.74, 6) is -0.679. The van der Waals surface area contributed by atoms with E-state index in [4.69, 9.17) is 16.3 Å². The summed E-state index contributed by atoms with van der Waals surface area (Å²) < 4.78 is 9.39. The minimum Gasteiger partial charge on any atom is -0.469 e. The maximum absolute atomic E-state index is 11.2. The third-order valence-corrected chi connectivity index (χ3v) is 2.34. The van der Waals surface area contributed by atoms with Crippen LogP contribution in [-0.4, -0.2) is 24.6 Å². The van der Waals surface area contributed by atoms with Crippen LogP contribution in [0.25, 0.3) is 0 Å². The summed E-state index contributed by atoms with van der Waals surface area (Å²) in [7, 11) is 1.32. The highest BCUT2D eigenvalue weighted by Gasteiger charge is 2.11. The number of hydrogen-bond acceptors (Lipinski definition) is 4. The summed E-state index contributed by atoms with van der Waals surface area (Å²) in [6.45, 7) is 2.04. The molecule has 0 rings (SSSR count). The Bertz CT molecular complexity index is 218. The van der Waals surface area contributed by atoms with Gasteiger partial charge < -0.3 is 9.47 Å². The normalized spacial score (nSPS) is 11.9. The van der Waals surface area contributed by atoms with Crippen molar-refractivity contribution in [3.8, 4) is 0 Å². The van der Waals surface area contributed by atoms with Crippen molar-refractivity contribution in [3.63, 3.8) is 0 Å². The molecule has 0 fully saturated rings. The van der Waals surface area contributed by atoms with Crippen molar-refractivity contribution in [1.29, 1.82) is 0 Å². The van der Waals surface area contributed by atoms with Gasteiger partial charge >= 0.3 is 11.9 Å². The second-order valence-corrected chi connectivity index (χ2v) is 3.96. The number of ether oxygens (including phenoxy) is 2. The summed E-state index contributed by atoms with van der Waals surface area (Å²) in [4.78, 5) is 22.0. The standard InChI is InChI=1S/C11H19ClO4/c1-3-4-6-9(12)16-11(14)8-5-7-10(13)15-2/h9H,3-8H2,1-2H3. The third-order valence-electron chi connectivity index (χ3n) is 2.03. The molecule has 0 aliphatic carbocycles. The predicted molar refractivity (Wildman–Crippen MR) is 61.1 cm³/mol. The first-order valence-corrected chi connectivity index (χ1v) is 5.94. The number of carbonyl (C=O) groups is 2. The molecule has 0 aliphatic heterocycles. The van der Waals surface area contributed by atoms with E-state index in [0.717, 1.165) is 12.8 Å². The number of methoxy groups -OCH3 is 1. The molecule has 1 unspecified atom stereocenters. The molecule has 0 aromatic heterocycles. The average Bonchev–Trinajstić information content (AvgIpc) is 2.25. The number of hydrogen-bond donors (Lipinski definition) is 0. The third kappa shape index (κ3) is 8.53. The van der Waals surface area contributed by atoms with Crippen LogP contribution in [0.2, 0.25) is 0 Å². The molecule has 0 saturated carbocycles. The van der Waals surface area contributed by atoms with Gasteiger partial charge in [-0.15, -0.1) is 0 Å². The van der Waals surface area contributed by atoms with Gasteiger partial charge in [-0.1, -0.05) is 24.9 Å². The summed E-state index contributed by atoms with van der Waals surface area (Å²) in [6.07, 6.45) is 3.48. The zero-order valence-corrected chi connectivity index (χ0v) is 10.6. The molecule has 0 aliphatic rings.